The molecule has 0 saturated heterocycles. The number of thioether (sulfide) groups is 1. The van der Waals surface area contributed by atoms with Crippen molar-refractivity contribution in [3.8, 4) is 0 Å². The minimum absolute atomic E-state index is 0.428. The van der Waals surface area contributed by atoms with E-state index in [0.29, 0.717) is 6.04 Å². The zero-order valence-corrected chi connectivity index (χ0v) is 10.5. The molecule has 3 heteroatoms. The Kier molecular flexibility index (Phi) is 2.77. The second-order valence-electron chi connectivity index (χ2n) is 4.25. The molecule has 1 heterocycles. The van der Waals surface area contributed by atoms with Gasteiger partial charge < -0.3 is 5.32 Å². The number of nitrogens with zero attached hydrogens (tertiary/aromatic N) is 1. The lowest BCUT2D eigenvalue weighted by atomic mass is 10.1. The van der Waals surface area contributed by atoms with Gasteiger partial charge in [-0.2, -0.15) is 0 Å². The number of benzene rings is 2. The lowest BCUT2D eigenvalue weighted by Gasteiger charge is -2.08. The summed E-state index contributed by atoms with van der Waals surface area (Å²) in [5.41, 5.74) is 1.14. The third-order valence-corrected chi connectivity index (χ3v) is 3.96. The average Bonchev–Trinajstić information content (AvgIpc) is 2.75. The highest BCUT2D eigenvalue weighted by Gasteiger charge is 2.14. The molecule has 0 aromatic heterocycles. The molecule has 0 radical (unpaired) electrons. The highest BCUT2D eigenvalue weighted by Crippen LogP contribution is 2.26. The van der Waals surface area contributed by atoms with E-state index in [4.69, 9.17) is 0 Å². The van der Waals surface area contributed by atoms with Gasteiger partial charge in [0, 0.05) is 16.8 Å². The van der Waals surface area contributed by atoms with E-state index >= 15 is 0 Å². The van der Waals surface area contributed by atoms with E-state index in [1.807, 2.05) is 0 Å². The van der Waals surface area contributed by atoms with E-state index in [1.54, 1.807) is 11.8 Å². The average molecular weight is 242 g/mol. The lowest BCUT2D eigenvalue weighted by molar-refractivity contribution is 0.865. The summed E-state index contributed by atoms with van der Waals surface area (Å²) in [6, 6.07) is 15.1. The lowest BCUT2D eigenvalue weighted by Crippen LogP contribution is -2.05. The molecular weight excluding hydrogens is 228 g/mol. The quantitative estimate of drug-likeness (QED) is 0.823. The monoisotopic (exact) mass is 242 g/mol. The number of rotatable bonds is 1. The second-order valence-corrected chi connectivity index (χ2v) is 5.25. The van der Waals surface area contributed by atoms with Gasteiger partial charge in [-0.25, -0.2) is 0 Å². The molecule has 86 valence electrons. The highest BCUT2D eigenvalue weighted by atomic mass is 32.2. The standard InChI is InChI=1S/C14H14N2S/c1-10-9-17-14(15-10)16-13-8-4-6-11-5-2-3-7-12(11)13/h2-8,10H,9H2,1H3,(H,15,16). The predicted molar refractivity (Wildman–Crippen MR) is 76.9 cm³/mol. The SMILES string of the molecule is CC1CSC(Nc2cccc3ccccc23)=N1. The fourth-order valence-corrected chi connectivity index (χ4v) is 2.90. The van der Waals surface area contributed by atoms with Crippen molar-refractivity contribution < 1.29 is 0 Å². The molecule has 1 N–H and O–H groups in total. The molecule has 0 amide bonds. The number of nitrogens with one attached hydrogen (secondary N) is 1. The van der Waals surface area contributed by atoms with Crippen LogP contribution < -0.4 is 5.32 Å². The van der Waals surface area contributed by atoms with Crippen molar-refractivity contribution in [2.24, 2.45) is 4.99 Å². The number of anilines is 1. The van der Waals surface area contributed by atoms with E-state index in [9.17, 15) is 0 Å². The fourth-order valence-electron chi connectivity index (χ4n) is 1.99. The van der Waals surface area contributed by atoms with E-state index in [2.05, 4.69) is 59.7 Å². The highest BCUT2D eigenvalue weighted by molar-refractivity contribution is 8.14. The molecule has 0 aliphatic carbocycles. The van der Waals surface area contributed by atoms with Crippen molar-refractivity contribution in [3.05, 3.63) is 42.5 Å². The van der Waals surface area contributed by atoms with Crippen LogP contribution in [0.25, 0.3) is 10.8 Å². The molecule has 0 spiro atoms. The van der Waals surface area contributed by atoms with Crippen molar-refractivity contribution in [1.82, 2.24) is 0 Å². The zero-order chi connectivity index (χ0) is 11.7. The molecule has 2 aromatic carbocycles. The second kappa shape index (κ2) is 4.41. The first-order valence-electron chi connectivity index (χ1n) is 5.78. The molecule has 0 bridgehead atoms. The van der Waals surface area contributed by atoms with Crippen LogP contribution in [0.15, 0.2) is 47.5 Å². The number of hydrogen-bond donors (Lipinski definition) is 1. The first-order valence-corrected chi connectivity index (χ1v) is 6.77. The van der Waals surface area contributed by atoms with E-state index < -0.39 is 0 Å². The van der Waals surface area contributed by atoms with Gasteiger partial charge >= 0.3 is 0 Å². The smallest absolute Gasteiger partial charge is 0.161 e. The van der Waals surface area contributed by atoms with Crippen LogP contribution in [-0.4, -0.2) is 17.0 Å². The summed E-state index contributed by atoms with van der Waals surface area (Å²) in [4.78, 5) is 4.56. The zero-order valence-electron chi connectivity index (χ0n) is 9.68. The molecule has 2 aromatic rings. The van der Waals surface area contributed by atoms with Crippen molar-refractivity contribution >= 4 is 33.4 Å². The number of amidine groups is 1. The molecule has 1 aliphatic heterocycles. The topological polar surface area (TPSA) is 24.4 Å². The van der Waals surface area contributed by atoms with Crippen molar-refractivity contribution in [2.45, 2.75) is 13.0 Å². The predicted octanol–water partition coefficient (Wildman–Crippen LogP) is 3.74. The fraction of sp³-hybridized carbons (Fsp3) is 0.214. The van der Waals surface area contributed by atoms with Gasteiger partial charge in [-0.05, 0) is 18.4 Å². The molecule has 1 aliphatic rings. The maximum atomic E-state index is 4.56. The van der Waals surface area contributed by atoms with Crippen LogP contribution in [-0.2, 0) is 0 Å². The van der Waals surface area contributed by atoms with Gasteiger partial charge in [-0.1, -0.05) is 48.2 Å². The first kappa shape index (κ1) is 10.7. The Bertz CT molecular complexity index is 572. The van der Waals surface area contributed by atoms with E-state index in [-0.39, 0.29) is 0 Å². The van der Waals surface area contributed by atoms with Gasteiger partial charge in [-0.15, -0.1) is 0 Å². The first-order chi connectivity index (χ1) is 8.33. The normalized spacial score (nSPS) is 19.4. The van der Waals surface area contributed by atoms with Gasteiger partial charge in [0.25, 0.3) is 0 Å². The van der Waals surface area contributed by atoms with Gasteiger partial charge in [0.15, 0.2) is 5.17 Å². The Labute approximate surface area is 105 Å². The van der Waals surface area contributed by atoms with Crippen molar-refractivity contribution in [2.75, 3.05) is 11.1 Å². The van der Waals surface area contributed by atoms with Gasteiger partial charge in [-0.3, -0.25) is 4.99 Å². The summed E-state index contributed by atoms with van der Waals surface area (Å²) in [5.74, 6) is 1.08. The maximum Gasteiger partial charge on any atom is 0.161 e. The van der Waals surface area contributed by atoms with Crippen LogP contribution in [0.3, 0.4) is 0 Å². The Morgan fingerprint density at radius 1 is 1.18 bits per heavy atom. The minimum Gasteiger partial charge on any atom is -0.334 e. The Hall–Kier alpha value is -1.48. The Morgan fingerprint density at radius 3 is 2.82 bits per heavy atom. The molecular formula is C14H14N2S. The van der Waals surface area contributed by atoms with Gasteiger partial charge in [0.2, 0.25) is 0 Å². The third kappa shape index (κ3) is 2.15. The molecule has 1 unspecified atom stereocenters. The third-order valence-electron chi connectivity index (χ3n) is 2.83. The maximum absolute atomic E-state index is 4.56. The minimum atomic E-state index is 0.428. The molecule has 1 atom stereocenters. The van der Waals surface area contributed by atoms with Crippen LogP contribution in [0.2, 0.25) is 0 Å². The number of hydrogen-bond acceptors (Lipinski definition) is 3. The van der Waals surface area contributed by atoms with E-state index in [0.717, 1.165) is 16.6 Å². The van der Waals surface area contributed by atoms with Crippen LogP contribution in [0, 0.1) is 0 Å². The summed E-state index contributed by atoms with van der Waals surface area (Å²) >= 11 is 1.79. The number of aliphatic imine (C=N–C) groups is 1. The van der Waals surface area contributed by atoms with Crippen LogP contribution in [0.4, 0.5) is 5.69 Å². The van der Waals surface area contributed by atoms with Crippen molar-refractivity contribution in [1.29, 1.82) is 0 Å². The van der Waals surface area contributed by atoms with Crippen LogP contribution in [0.5, 0.6) is 0 Å². The Morgan fingerprint density at radius 2 is 2.00 bits per heavy atom. The summed E-state index contributed by atoms with van der Waals surface area (Å²) < 4.78 is 0. The van der Waals surface area contributed by atoms with Gasteiger partial charge in [0.05, 0.1) is 6.04 Å². The molecule has 17 heavy (non-hydrogen) atoms. The molecule has 2 nitrogen and oxygen atoms in total. The van der Waals surface area contributed by atoms with E-state index in [1.165, 1.54) is 10.8 Å². The molecule has 0 fully saturated rings. The number of fused-ring (bicyclic) bond motifs is 1. The summed E-state index contributed by atoms with van der Waals surface area (Å²) in [6.07, 6.45) is 0. The molecule has 3 rings (SSSR count). The van der Waals surface area contributed by atoms with Crippen LogP contribution in [0.1, 0.15) is 6.92 Å². The summed E-state index contributed by atoms with van der Waals surface area (Å²) in [7, 11) is 0. The largest absolute Gasteiger partial charge is 0.334 e. The molecule has 0 saturated carbocycles. The van der Waals surface area contributed by atoms with Crippen LogP contribution >= 0.6 is 11.8 Å². The summed E-state index contributed by atoms with van der Waals surface area (Å²) in [6.45, 7) is 2.14. The Balaban J connectivity index is 1.98. The van der Waals surface area contributed by atoms with Gasteiger partial charge in [0.1, 0.15) is 0 Å². The van der Waals surface area contributed by atoms with Crippen molar-refractivity contribution in [3.63, 3.8) is 0 Å². The summed E-state index contributed by atoms with van der Waals surface area (Å²) in [5, 5.41) is 6.97.